The monoisotopic (exact) mass is 526 g/mol. The van der Waals surface area contributed by atoms with Crippen LogP contribution in [0.1, 0.15) is 56.4 Å². The van der Waals surface area contributed by atoms with E-state index in [0.717, 1.165) is 61.7 Å². The molecule has 3 heterocycles. The van der Waals surface area contributed by atoms with Crippen molar-refractivity contribution in [3.05, 3.63) is 82.9 Å². The Morgan fingerprint density at radius 1 is 0.667 bits per heavy atom. The largest absolute Gasteiger partial charge is 0.493 e. The number of ether oxygens (including phenoxy) is 4. The lowest BCUT2D eigenvalue weighted by molar-refractivity contribution is 0.0534. The lowest BCUT2D eigenvalue weighted by Gasteiger charge is -2.32. The molecule has 0 fully saturated rings. The van der Waals surface area contributed by atoms with Crippen LogP contribution in [0.3, 0.4) is 0 Å². The fourth-order valence-electron chi connectivity index (χ4n) is 6.31. The number of aryl methyl sites for hydroxylation is 1. The van der Waals surface area contributed by atoms with Crippen LogP contribution in [0.15, 0.2) is 60.7 Å². The van der Waals surface area contributed by atoms with Crippen molar-refractivity contribution in [1.82, 2.24) is 0 Å². The highest BCUT2D eigenvalue weighted by Crippen LogP contribution is 2.36. The Morgan fingerprint density at radius 3 is 2.18 bits per heavy atom. The summed E-state index contributed by atoms with van der Waals surface area (Å²) in [5, 5.41) is 0. The van der Waals surface area contributed by atoms with Gasteiger partial charge in [0, 0.05) is 5.92 Å². The fraction of sp³-hybridized carbons (Fsp3) is 0.486. The Morgan fingerprint density at radius 2 is 1.36 bits per heavy atom. The van der Waals surface area contributed by atoms with Gasteiger partial charge in [0.05, 0.1) is 6.61 Å². The maximum absolute atomic E-state index is 6.66. The summed E-state index contributed by atoms with van der Waals surface area (Å²) in [6, 6.07) is 21.5. The van der Waals surface area contributed by atoms with Crippen LogP contribution in [0.25, 0.3) is 0 Å². The maximum atomic E-state index is 6.66. The van der Waals surface area contributed by atoms with Crippen molar-refractivity contribution in [3.63, 3.8) is 0 Å². The van der Waals surface area contributed by atoms with Crippen molar-refractivity contribution in [1.29, 1.82) is 0 Å². The van der Waals surface area contributed by atoms with Gasteiger partial charge in [-0.05, 0) is 96.4 Å². The van der Waals surface area contributed by atoms with E-state index in [1.165, 1.54) is 22.3 Å². The molecule has 3 aromatic carbocycles. The first kappa shape index (κ1) is 26.1. The van der Waals surface area contributed by atoms with Gasteiger partial charge in [0.1, 0.15) is 30.3 Å². The van der Waals surface area contributed by atoms with Crippen molar-refractivity contribution in [2.75, 3.05) is 13.2 Å². The molecule has 5 unspecified atom stereocenters. The third kappa shape index (κ3) is 5.76. The molecule has 0 radical (unpaired) electrons. The van der Waals surface area contributed by atoms with Crippen LogP contribution in [0.4, 0.5) is 0 Å². The van der Waals surface area contributed by atoms with Gasteiger partial charge in [0.25, 0.3) is 0 Å². The predicted molar refractivity (Wildman–Crippen MR) is 155 cm³/mol. The molecule has 39 heavy (non-hydrogen) atoms. The normalized spacial score (nSPS) is 23.2. The highest BCUT2D eigenvalue weighted by atomic mass is 16.6. The smallest absolute Gasteiger partial charge is 0.161 e. The molecule has 0 aliphatic carbocycles. The third-order valence-electron chi connectivity index (χ3n) is 9.03. The van der Waals surface area contributed by atoms with Gasteiger partial charge in [-0.3, -0.25) is 0 Å². The zero-order valence-electron chi connectivity index (χ0n) is 23.8. The topological polar surface area (TPSA) is 36.9 Å². The summed E-state index contributed by atoms with van der Waals surface area (Å²) in [5.41, 5.74) is 5.38. The quantitative estimate of drug-likeness (QED) is 0.320. The predicted octanol–water partition coefficient (Wildman–Crippen LogP) is 7.48. The number of para-hydroxylation sites is 2. The van der Waals surface area contributed by atoms with E-state index in [0.29, 0.717) is 30.3 Å². The van der Waals surface area contributed by atoms with Crippen LogP contribution in [0.5, 0.6) is 23.0 Å². The van der Waals surface area contributed by atoms with E-state index in [4.69, 9.17) is 18.9 Å². The lowest BCUT2D eigenvalue weighted by atomic mass is 9.85. The van der Waals surface area contributed by atoms with E-state index in [1.807, 2.05) is 24.3 Å². The molecular weight excluding hydrogens is 484 g/mol. The first-order chi connectivity index (χ1) is 18.9. The van der Waals surface area contributed by atoms with E-state index in [1.54, 1.807) is 0 Å². The second kappa shape index (κ2) is 11.2. The van der Waals surface area contributed by atoms with Crippen LogP contribution in [-0.4, -0.2) is 25.4 Å². The Hall–Kier alpha value is -3.14. The van der Waals surface area contributed by atoms with Crippen LogP contribution in [-0.2, 0) is 25.7 Å². The Labute approximate surface area is 233 Å². The average molecular weight is 527 g/mol. The molecule has 5 atom stereocenters. The van der Waals surface area contributed by atoms with Gasteiger partial charge in [-0.1, -0.05) is 64.1 Å². The Bertz CT molecular complexity index is 1300. The molecule has 3 aromatic rings. The second-order valence-electron chi connectivity index (χ2n) is 12.4. The number of benzene rings is 3. The maximum Gasteiger partial charge on any atom is 0.161 e. The third-order valence-corrected chi connectivity index (χ3v) is 9.03. The summed E-state index contributed by atoms with van der Waals surface area (Å²) in [7, 11) is 0. The second-order valence-corrected chi connectivity index (χ2v) is 12.4. The van der Waals surface area contributed by atoms with Crippen molar-refractivity contribution in [3.8, 4) is 23.0 Å². The van der Waals surface area contributed by atoms with E-state index < -0.39 is 0 Å². The summed E-state index contributed by atoms with van der Waals surface area (Å²) in [4.78, 5) is 0. The number of hydrogen-bond donors (Lipinski definition) is 0. The minimum absolute atomic E-state index is 0.0439. The molecule has 3 aliphatic rings. The molecule has 3 aliphatic heterocycles. The summed E-state index contributed by atoms with van der Waals surface area (Å²) < 4.78 is 25.0. The number of rotatable bonds is 7. The van der Waals surface area contributed by atoms with Gasteiger partial charge in [-0.15, -0.1) is 0 Å². The van der Waals surface area contributed by atoms with Crippen molar-refractivity contribution < 1.29 is 18.9 Å². The molecule has 206 valence electrons. The summed E-state index contributed by atoms with van der Waals surface area (Å²) in [5.74, 6) is 5.84. The molecule has 0 amide bonds. The summed E-state index contributed by atoms with van der Waals surface area (Å²) in [6.07, 6.45) is 5.49. The molecule has 0 bridgehead atoms. The molecule has 0 aromatic heterocycles. The molecule has 0 N–H and O–H groups in total. The van der Waals surface area contributed by atoms with E-state index in [2.05, 4.69) is 64.1 Å². The molecule has 0 saturated heterocycles. The molecule has 4 heteroatoms. The van der Waals surface area contributed by atoms with E-state index in [-0.39, 0.29) is 12.2 Å². The van der Waals surface area contributed by atoms with Crippen LogP contribution >= 0.6 is 0 Å². The minimum Gasteiger partial charge on any atom is -0.493 e. The summed E-state index contributed by atoms with van der Waals surface area (Å²) in [6.45, 7) is 10.6. The van der Waals surface area contributed by atoms with Crippen LogP contribution in [0.2, 0.25) is 0 Å². The standard InChI is InChI=1S/C35H42O4/c1-22(2)29-19-28-17-25(10-13-31(28)36-20-29)15-23(3)30-14-12-27-11-9-26(18-34(27)38-30)16-24(4)35-21-37-32-7-5-6-8-33(32)39-35/h5-11,13,17-18,22-24,29-30,35H,12,14-16,19-21H2,1-4H3. The van der Waals surface area contributed by atoms with Gasteiger partial charge in [-0.2, -0.15) is 0 Å². The molecular formula is C35H42O4. The first-order valence-electron chi connectivity index (χ1n) is 14.8. The number of hydrogen-bond acceptors (Lipinski definition) is 4. The van der Waals surface area contributed by atoms with Gasteiger partial charge in [0.15, 0.2) is 11.5 Å². The Kier molecular flexibility index (Phi) is 7.47. The molecule has 0 spiro atoms. The average Bonchev–Trinajstić information content (AvgIpc) is 2.96. The SMILES string of the molecule is CC(C)C1COc2ccc(CC(C)C3CCc4ccc(CC(C)C5COc6ccccc6O5)cc4O3)cc2C1. The van der Waals surface area contributed by atoms with E-state index in [9.17, 15) is 0 Å². The lowest BCUT2D eigenvalue weighted by Crippen LogP contribution is -2.35. The summed E-state index contributed by atoms with van der Waals surface area (Å²) >= 11 is 0. The van der Waals surface area contributed by atoms with Crippen LogP contribution in [0, 0.1) is 23.7 Å². The van der Waals surface area contributed by atoms with Gasteiger partial charge >= 0.3 is 0 Å². The van der Waals surface area contributed by atoms with Crippen molar-refractivity contribution in [2.24, 2.45) is 23.7 Å². The van der Waals surface area contributed by atoms with Gasteiger partial charge in [0.2, 0.25) is 0 Å². The Balaban J connectivity index is 1.08. The molecule has 6 rings (SSSR count). The highest BCUT2D eigenvalue weighted by molar-refractivity contribution is 5.42. The zero-order valence-corrected chi connectivity index (χ0v) is 23.8. The first-order valence-corrected chi connectivity index (χ1v) is 14.8. The van der Waals surface area contributed by atoms with Crippen molar-refractivity contribution in [2.45, 2.75) is 72.0 Å². The van der Waals surface area contributed by atoms with Gasteiger partial charge in [-0.25, -0.2) is 0 Å². The highest BCUT2D eigenvalue weighted by Gasteiger charge is 2.29. The van der Waals surface area contributed by atoms with Crippen LogP contribution < -0.4 is 18.9 Å². The minimum atomic E-state index is 0.0439. The number of fused-ring (bicyclic) bond motifs is 3. The zero-order chi connectivity index (χ0) is 26.9. The fourth-order valence-corrected chi connectivity index (χ4v) is 6.31. The van der Waals surface area contributed by atoms with E-state index >= 15 is 0 Å². The van der Waals surface area contributed by atoms with Crippen molar-refractivity contribution >= 4 is 0 Å². The molecule has 0 saturated carbocycles. The molecule has 4 nitrogen and oxygen atoms in total. The van der Waals surface area contributed by atoms with Gasteiger partial charge < -0.3 is 18.9 Å².